The van der Waals surface area contributed by atoms with Gasteiger partial charge in [0.1, 0.15) is 22.9 Å². The maximum absolute atomic E-state index is 13.3. The largest absolute Gasteiger partial charge is 0.457 e. The van der Waals surface area contributed by atoms with Gasteiger partial charge in [0.15, 0.2) is 0 Å². The molecule has 7 nitrogen and oxygen atoms in total. The first-order valence-electron chi connectivity index (χ1n) is 12.3. The van der Waals surface area contributed by atoms with E-state index in [0.29, 0.717) is 22.9 Å². The Balaban J connectivity index is 1.23. The summed E-state index contributed by atoms with van der Waals surface area (Å²) < 4.78 is 22.9. The van der Waals surface area contributed by atoms with Crippen LogP contribution in [-0.2, 0) is 7.05 Å². The van der Waals surface area contributed by atoms with Crippen LogP contribution >= 0.6 is 0 Å². The van der Waals surface area contributed by atoms with Gasteiger partial charge in [-0.1, -0.05) is 0 Å². The Morgan fingerprint density at radius 1 is 0.949 bits per heavy atom. The molecule has 0 aliphatic heterocycles. The van der Waals surface area contributed by atoms with Crippen LogP contribution in [0, 0.1) is 5.82 Å². The van der Waals surface area contributed by atoms with Gasteiger partial charge in [-0.15, -0.1) is 0 Å². The average Bonchev–Trinajstić information content (AvgIpc) is 3.60. The molecule has 0 spiro atoms. The van der Waals surface area contributed by atoms with Crippen molar-refractivity contribution in [2.75, 3.05) is 5.32 Å². The standard InChI is InChI=1S/C31H23FN4O3/c1-35-16-13-20-17-29(27(18-28(20)35)21-12-14-33-19-21)39-25-10-6-23(7-11-25)34-30(37)26-3-2-15-36(31(26)38)24-8-4-22(32)5-9-24/h2-19,33H,1H3,(H,34,37). The predicted molar refractivity (Wildman–Crippen MR) is 149 cm³/mol. The van der Waals surface area contributed by atoms with E-state index in [1.165, 1.54) is 41.1 Å². The number of aryl methyl sites for hydroxylation is 1. The zero-order valence-corrected chi connectivity index (χ0v) is 20.9. The third-order valence-corrected chi connectivity index (χ3v) is 6.53. The summed E-state index contributed by atoms with van der Waals surface area (Å²) >= 11 is 0. The van der Waals surface area contributed by atoms with E-state index < -0.39 is 17.3 Å². The molecule has 8 heteroatoms. The van der Waals surface area contributed by atoms with Crippen LogP contribution in [0.25, 0.3) is 27.7 Å². The Kier molecular flexibility index (Phi) is 6.05. The van der Waals surface area contributed by atoms with Gasteiger partial charge in [0.05, 0.1) is 0 Å². The third-order valence-electron chi connectivity index (χ3n) is 6.53. The van der Waals surface area contributed by atoms with Gasteiger partial charge in [0, 0.05) is 65.2 Å². The molecule has 0 atom stereocenters. The first-order valence-corrected chi connectivity index (χ1v) is 12.3. The maximum atomic E-state index is 13.3. The minimum Gasteiger partial charge on any atom is -0.457 e. The Bertz CT molecular complexity index is 1850. The fourth-order valence-corrected chi connectivity index (χ4v) is 4.50. The molecule has 192 valence electrons. The number of nitrogens with zero attached hydrogens (tertiary/aromatic N) is 2. The molecule has 6 rings (SSSR count). The SMILES string of the molecule is Cn1ccc2cc(Oc3ccc(NC(=O)c4cccn(-c5ccc(F)cc5)c4=O)cc3)c(-c3cc[nH]c3)cc21. The number of benzene rings is 3. The number of halogens is 1. The number of fused-ring (bicyclic) bond motifs is 1. The van der Waals surface area contributed by atoms with Crippen LogP contribution in [0.2, 0.25) is 0 Å². The second-order valence-electron chi connectivity index (χ2n) is 9.09. The number of aromatic nitrogens is 3. The molecule has 39 heavy (non-hydrogen) atoms. The Morgan fingerprint density at radius 3 is 2.49 bits per heavy atom. The van der Waals surface area contributed by atoms with Crippen molar-refractivity contribution in [2.24, 2.45) is 7.05 Å². The fraction of sp³-hybridized carbons (Fsp3) is 0.0323. The van der Waals surface area contributed by atoms with Crippen molar-refractivity contribution in [3.8, 4) is 28.3 Å². The number of rotatable bonds is 6. The van der Waals surface area contributed by atoms with E-state index in [2.05, 4.69) is 20.9 Å². The summed E-state index contributed by atoms with van der Waals surface area (Å²) in [4.78, 5) is 29.0. The molecular formula is C31H23FN4O3. The predicted octanol–water partition coefficient (Wildman–Crippen LogP) is 6.51. The Morgan fingerprint density at radius 2 is 1.74 bits per heavy atom. The first kappa shape index (κ1) is 24.0. The number of nitrogens with one attached hydrogen (secondary N) is 2. The summed E-state index contributed by atoms with van der Waals surface area (Å²) in [6.45, 7) is 0. The normalized spacial score (nSPS) is 11.0. The zero-order valence-electron chi connectivity index (χ0n) is 20.9. The van der Waals surface area contributed by atoms with Gasteiger partial charge in [-0.3, -0.25) is 14.2 Å². The monoisotopic (exact) mass is 518 g/mol. The molecule has 3 aromatic carbocycles. The fourth-order valence-electron chi connectivity index (χ4n) is 4.50. The lowest BCUT2D eigenvalue weighted by molar-refractivity contribution is 0.102. The minimum atomic E-state index is -0.547. The summed E-state index contributed by atoms with van der Waals surface area (Å²) in [5.41, 5.74) is 3.48. The molecule has 2 N–H and O–H groups in total. The number of ether oxygens (including phenoxy) is 1. The molecule has 0 aliphatic carbocycles. The summed E-state index contributed by atoms with van der Waals surface area (Å²) in [6.07, 6.45) is 7.33. The van der Waals surface area contributed by atoms with E-state index in [1.54, 1.807) is 30.3 Å². The molecule has 3 heterocycles. The van der Waals surface area contributed by atoms with E-state index in [1.807, 2.05) is 43.8 Å². The summed E-state index contributed by atoms with van der Waals surface area (Å²) in [5.74, 6) is 0.345. The molecule has 6 aromatic rings. The smallest absolute Gasteiger partial charge is 0.267 e. The Labute approximate surface area is 222 Å². The van der Waals surface area contributed by atoms with Gasteiger partial charge >= 0.3 is 0 Å². The molecule has 0 fully saturated rings. The van der Waals surface area contributed by atoms with Crippen molar-refractivity contribution >= 4 is 22.5 Å². The molecule has 3 aromatic heterocycles. The number of amides is 1. The van der Waals surface area contributed by atoms with Crippen LogP contribution in [0.4, 0.5) is 10.1 Å². The van der Waals surface area contributed by atoms with Crippen LogP contribution in [0.5, 0.6) is 11.5 Å². The van der Waals surface area contributed by atoms with Crippen molar-refractivity contribution in [2.45, 2.75) is 0 Å². The number of hydrogen-bond acceptors (Lipinski definition) is 3. The number of pyridine rings is 1. The summed E-state index contributed by atoms with van der Waals surface area (Å²) in [5, 5.41) is 3.82. The lowest BCUT2D eigenvalue weighted by Gasteiger charge is -2.13. The highest BCUT2D eigenvalue weighted by molar-refractivity contribution is 6.04. The maximum Gasteiger partial charge on any atom is 0.267 e. The molecule has 0 saturated heterocycles. The molecular weight excluding hydrogens is 495 g/mol. The number of aromatic amines is 1. The highest BCUT2D eigenvalue weighted by Crippen LogP contribution is 2.37. The lowest BCUT2D eigenvalue weighted by atomic mass is 10.1. The average molecular weight is 519 g/mol. The van der Waals surface area contributed by atoms with Crippen LogP contribution in [0.1, 0.15) is 10.4 Å². The van der Waals surface area contributed by atoms with Crippen molar-refractivity contribution in [1.82, 2.24) is 14.1 Å². The molecule has 1 amide bonds. The van der Waals surface area contributed by atoms with Crippen molar-refractivity contribution in [3.63, 3.8) is 0 Å². The van der Waals surface area contributed by atoms with Gasteiger partial charge in [-0.2, -0.15) is 0 Å². The van der Waals surface area contributed by atoms with Crippen LogP contribution in [0.15, 0.2) is 115 Å². The van der Waals surface area contributed by atoms with E-state index in [9.17, 15) is 14.0 Å². The molecule has 0 unspecified atom stereocenters. The summed E-state index contributed by atoms with van der Waals surface area (Å²) in [6, 6.07) is 23.6. The van der Waals surface area contributed by atoms with E-state index in [-0.39, 0.29) is 5.56 Å². The van der Waals surface area contributed by atoms with Crippen LogP contribution in [-0.4, -0.2) is 20.0 Å². The van der Waals surface area contributed by atoms with Crippen molar-refractivity contribution in [3.05, 3.63) is 131 Å². The van der Waals surface area contributed by atoms with E-state index >= 15 is 0 Å². The van der Waals surface area contributed by atoms with Gasteiger partial charge < -0.3 is 19.6 Å². The number of carbonyl (C=O) groups is 1. The second-order valence-corrected chi connectivity index (χ2v) is 9.09. The van der Waals surface area contributed by atoms with Crippen LogP contribution in [0.3, 0.4) is 0 Å². The zero-order chi connectivity index (χ0) is 26.9. The van der Waals surface area contributed by atoms with Gasteiger partial charge in [-0.05, 0) is 84.9 Å². The highest BCUT2D eigenvalue weighted by atomic mass is 19.1. The van der Waals surface area contributed by atoms with E-state index in [4.69, 9.17) is 4.74 Å². The van der Waals surface area contributed by atoms with Gasteiger partial charge in [-0.25, -0.2) is 4.39 Å². The topological polar surface area (TPSA) is 81.0 Å². The number of anilines is 1. The quantitative estimate of drug-likeness (QED) is 0.264. The van der Waals surface area contributed by atoms with E-state index in [0.717, 1.165) is 22.0 Å². The van der Waals surface area contributed by atoms with Gasteiger partial charge in [0.2, 0.25) is 0 Å². The molecule has 0 saturated carbocycles. The van der Waals surface area contributed by atoms with Crippen molar-refractivity contribution < 1.29 is 13.9 Å². The molecule has 0 bridgehead atoms. The molecule has 0 aliphatic rings. The molecule has 0 radical (unpaired) electrons. The number of carbonyl (C=O) groups excluding carboxylic acids is 1. The van der Waals surface area contributed by atoms with Crippen molar-refractivity contribution in [1.29, 1.82) is 0 Å². The van der Waals surface area contributed by atoms with Crippen LogP contribution < -0.4 is 15.6 Å². The highest BCUT2D eigenvalue weighted by Gasteiger charge is 2.15. The minimum absolute atomic E-state index is 0.0329. The lowest BCUT2D eigenvalue weighted by Crippen LogP contribution is -2.27. The number of hydrogen-bond donors (Lipinski definition) is 2. The first-order chi connectivity index (χ1) is 19.0. The third kappa shape index (κ3) is 4.71. The van der Waals surface area contributed by atoms with Gasteiger partial charge in [0.25, 0.3) is 11.5 Å². The second kappa shape index (κ2) is 9.83. The summed E-state index contributed by atoms with van der Waals surface area (Å²) in [7, 11) is 2.00. The Hall–Kier alpha value is -5.37. The number of H-pyrrole nitrogens is 1.